The predicted molar refractivity (Wildman–Crippen MR) is 89.8 cm³/mol. The van der Waals surface area contributed by atoms with Gasteiger partial charge in [0, 0.05) is 12.2 Å². The number of aliphatic hydroxyl groups excluding tert-OH is 1. The molecule has 0 spiro atoms. The fourth-order valence-electron chi connectivity index (χ4n) is 2.47. The maximum Gasteiger partial charge on any atom is 0.0945 e. The first-order valence-electron chi connectivity index (χ1n) is 8.14. The molecule has 0 amide bonds. The number of rotatable bonds is 10. The molecule has 0 aromatic heterocycles. The summed E-state index contributed by atoms with van der Waals surface area (Å²) in [5.41, 5.74) is 2.43. The lowest BCUT2D eigenvalue weighted by Gasteiger charge is -2.19. The molecule has 0 fully saturated rings. The van der Waals surface area contributed by atoms with Gasteiger partial charge in [0.15, 0.2) is 0 Å². The van der Waals surface area contributed by atoms with Gasteiger partial charge in [-0.3, -0.25) is 0 Å². The van der Waals surface area contributed by atoms with Crippen LogP contribution in [-0.2, 0) is 11.2 Å². The first-order chi connectivity index (χ1) is 10.0. The minimum absolute atomic E-state index is 0.201. The van der Waals surface area contributed by atoms with Gasteiger partial charge in [-0.1, -0.05) is 45.4 Å². The zero-order valence-electron chi connectivity index (χ0n) is 13.9. The van der Waals surface area contributed by atoms with E-state index in [1.54, 1.807) is 0 Å². The van der Waals surface area contributed by atoms with Crippen LogP contribution in [0.5, 0.6) is 0 Å². The van der Waals surface area contributed by atoms with Crippen molar-refractivity contribution in [2.45, 2.75) is 59.2 Å². The third-order valence-electron chi connectivity index (χ3n) is 3.44. The minimum atomic E-state index is -0.478. The van der Waals surface area contributed by atoms with Crippen LogP contribution in [0, 0.1) is 5.92 Å². The Balaban J connectivity index is 2.34. The van der Waals surface area contributed by atoms with Crippen LogP contribution in [0.2, 0.25) is 0 Å². The normalized spacial score (nSPS) is 14.2. The molecule has 3 nitrogen and oxygen atoms in total. The van der Waals surface area contributed by atoms with E-state index < -0.39 is 6.10 Å². The van der Waals surface area contributed by atoms with Crippen molar-refractivity contribution in [3.8, 4) is 0 Å². The number of aliphatic hydroxyl groups is 1. The highest BCUT2D eigenvalue weighted by Crippen LogP contribution is 2.16. The quantitative estimate of drug-likeness (QED) is 0.688. The summed E-state index contributed by atoms with van der Waals surface area (Å²) in [6.07, 6.45) is 2.93. The number of ether oxygens (including phenoxy) is 1. The number of anilines is 1. The van der Waals surface area contributed by atoms with E-state index in [-0.39, 0.29) is 6.10 Å². The summed E-state index contributed by atoms with van der Waals surface area (Å²) in [4.78, 5) is 0. The Labute approximate surface area is 129 Å². The Bertz CT molecular complexity index is 393. The zero-order chi connectivity index (χ0) is 15.7. The first-order valence-corrected chi connectivity index (χ1v) is 8.14. The molecule has 0 aliphatic carbocycles. The smallest absolute Gasteiger partial charge is 0.0945 e. The van der Waals surface area contributed by atoms with Gasteiger partial charge in [0.25, 0.3) is 0 Å². The largest absolute Gasteiger partial charge is 0.389 e. The van der Waals surface area contributed by atoms with Crippen molar-refractivity contribution in [2.75, 3.05) is 18.5 Å². The van der Waals surface area contributed by atoms with E-state index in [1.807, 2.05) is 6.07 Å². The molecule has 0 radical (unpaired) electrons. The summed E-state index contributed by atoms with van der Waals surface area (Å²) in [5, 5.41) is 13.4. The lowest BCUT2D eigenvalue weighted by atomic mass is 10.1. The van der Waals surface area contributed by atoms with E-state index in [0.29, 0.717) is 19.1 Å². The summed E-state index contributed by atoms with van der Waals surface area (Å²) in [7, 11) is 0. The molecule has 1 aromatic rings. The average Bonchev–Trinajstić information content (AvgIpc) is 2.44. The van der Waals surface area contributed by atoms with Gasteiger partial charge in [0.2, 0.25) is 0 Å². The van der Waals surface area contributed by atoms with Gasteiger partial charge in [0.05, 0.1) is 18.8 Å². The lowest BCUT2D eigenvalue weighted by Crippen LogP contribution is -2.27. The molecular formula is C18H31NO2. The molecule has 0 aliphatic heterocycles. The number of hydrogen-bond acceptors (Lipinski definition) is 3. The highest BCUT2D eigenvalue weighted by atomic mass is 16.5. The third-order valence-corrected chi connectivity index (χ3v) is 3.44. The van der Waals surface area contributed by atoms with E-state index >= 15 is 0 Å². The monoisotopic (exact) mass is 293 g/mol. The fraction of sp³-hybridized carbons (Fsp3) is 0.667. The van der Waals surface area contributed by atoms with E-state index in [2.05, 4.69) is 51.2 Å². The highest BCUT2D eigenvalue weighted by molar-refractivity contribution is 5.51. The van der Waals surface area contributed by atoms with Crippen molar-refractivity contribution in [1.29, 1.82) is 0 Å². The summed E-state index contributed by atoms with van der Waals surface area (Å²) in [6, 6.07) is 8.29. The number of hydrogen-bond donors (Lipinski definition) is 2. The molecule has 2 N–H and O–H groups in total. The van der Waals surface area contributed by atoms with Crippen molar-refractivity contribution in [3.05, 3.63) is 29.8 Å². The number of nitrogens with one attached hydrogen (secondary N) is 1. The Morgan fingerprint density at radius 1 is 1.19 bits per heavy atom. The van der Waals surface area contributed by atoms with E-state index in [1.165, 1.54) is 5.56 Å². The molecule has 2 atom stereocenters. The molecule has 0 saturated heterocycles. The first kappa shape index (κ1) is 18.0. The Kier molecular flexibility index (Phi) is 8.40. The van der Waals surface area contributed by atoms with Crippen LogP contribution >= 0.6 is 0 Å². The van der Waals surface area contributed by atoms with Crippen molar-refractivity contribution in [2.24, 2.45) is 5.92 Å². The van der Waals surface area contributed by atoms with Gasteiger partial charge in [-0.2, -0.15) is 0 Å². The summed E-state index contributed by atoms with van der Waals surface area (Å²) in [6.45, 7) is 9.52. The fourth-order valence-corrected chi connectivity index (χ4v) is 2.47. The van der Waals surface area contributed by atoms with Crippen LogP contribution in [0.3, 0.4) is 0 Å². The zero-order valence-corrected chi connectivity index (χ0v) is 13.9. The van der Waals surface area contributed by atoms with E-state index in [0.717, 1.165) is 24.9 Å². The molecule has 0 saturated carbocycles. The molecule has 3 heteroatoms. The van der Waals surface area contributed by atoms with Crippen LogP contribution in [0.1, 0.15) is 46.1 Å². The molecule has 2 unspecified atom stereocenters. The number of para-hydroxylation sites is 1. The van der Waals surface area contributed by atoms with Gasteiger partial charge in [-0.05, 0) is 37.3 Å². The van der Waals surface area contributed by atoms with Crippen LogP contribution in [-0.4, -0.2) is 30.5 Å². The molecule has 120 valence electrons. The van der Waals surface area contributed by atoms with Gasteiger partial charge in [0.1, 0.15) is 0 Å². The van der Waals surface area contributed by atoms with Crippen molar-refractivity contribution in [3.63, 3.8) is 0 Å². The molecular weight excluding hydrogens is 262 g/mol. The number of benzene rings is 1. The maximum atomic E-state index is 10.0. The highest BCUT2D eigenvalue weighted by Gasteiger charge is 2.10. The minimum Gasteiger partial charge on any atom is -0.389 e. The third kappa shape index (κ3) is 7.49. The van der Waals surface area contributed by atoms with E-state index in [4.69, 9.17) is 4.74 Å². The van der Waals surface area contributed by atoms with Gasteiger partial charge < -0.3 is 15.2 Å². The van der Waals surface area contributed by atoms with Gasteiger partial charge in [-0.15, -0.1) is 0 Å². The standard InChI is InChI=1S/C18H31NO2/c1-5-8-16-9-6-7-10-18(16)19-12-17(20)13-21-15(4)11-14(2)3/h6-7,9-10,14-15,17,19-20H,5,8,11-13H2,1-4H3. The van der Waals surface area contributed by atoms with Crippen LogP contribution < -0.4 is 5.32 Å². The summed E-state index contributed by atoms with van der Waals surface area (Å²) < 4.78 is 5.69. The predicted octanol–water partition coefficient (Wildman–Crippen LogP) is 3.86. The second-order valence-corrected chi connectivity index (χ2v) is 6.22. The molecule has 21 heavy (non-hydrogen) atoms. The molecule has 1 aromatic carbocycles. The topological polar surface area (TPSA) is 41.5 Å². The average molecular weight is 293 g/mol. The number of aryl methyl sites for hydroxylation is 1. The van der Waals surface area contributed by atoms with E-state index in [9.17, 15) is 5.11 Å². The molecule has 0 heterocycles. The Hall–Kier alpha value is -1.06. The Morgan fingerprint density at radius 3 is 2.57 bits per heavy atom. The summed E-state index contributed by atoms with van der Waals surface area (Å²) >= 11 is 0. The maximum absolute atomic E-state index is 10.0. The van der Waals surface area contributed by atoms with Crippen LogP contribution in [0.25, 0.3) is 0 Å². The van der Waals surface area contributed by atoms with Crippen LogP contribution in [0.4, 0.5) is 5.69 Å². The van der Waals surface area contributed by atoms with Crippen molar-refractivity contribution in [1.82, 2.24) is 0 Å². The van der Waals surface area contributed by atoms with Gasteiger partial charge >= 0.3 is 0 Å². The molecule has 0 aliphatic rings. The summed E-state index contributed by atoms with van der Waals surface area (Å²) in [5.74, 6) is 0.621. The lowest BCUT2D eigenvalue weighted by molar-refractivity contribution is -0.00444. The molecule has 0 bridgehead atoms. The SMILES string of the molecule is CCCc1ccccc1NCC(O)COC(C)CC(C)C. The van der Waals surface area contributed by atoms with Crippen molar-refractivity contribution >= 4 is 5.69 Å². The molecule has 1 rings (SSSR count). The van der Waals surface area contributed by atoms with Gasteiger partial charge in [-0.25, -0.2) is 0 Å². The second kappa shape index (κ2) is 9.80. The van der Waals surface area contributed by atoms with Crippen molar-refractivity contribution < 1.29 is 9.84 Å². The Morgan fingerprint density at radius 2 is 1.90 bits per heavy atom. The second-order valence-electron chi connectivity index (χ2n) is 6.22. The van der Waals surface area contributed by atoms with Crippen LogP contribution in [0.15, 0.2) is 24.3 Å².